The van der Waals surface area contributed by atoms with E-state index in [-0.39, 0.29) is 31.9 Å². The van der Waals surface area contributed by atoms with Crippen LogP contribution in [0.2, 0.25) is 0 Å². The fourth-order valence-electron chi connectivity index (χ4n) is 2.95. The number of ether oxygens (including phenoxy) is 4. The molecule has 0 unspecified atom stereocenters. The summed E-state index contributed by atoms with van der Waals surface area (Å²) in [5.41, 5.74) is 0.257. The van der Waals surface area contributed by atoms with Crippen molar-refractivity contribution in [1.29, 1.82) is 0 Å². The summed E-state index contributed by atoms with van der Waals surface area (Å²) in [7, 11) is 1.40. The lowest BCUT2D eigenvalue weighted by Gasteiger charge is -2.26. The Bertz CT molecular complexity index is 1010. The SMILES string of the molecule is C=CCOC(=O)/C=C/C[C@@H](OC)[C@H](OC(=O)Nc1ccc(F)cc1F)c1ccc(OCCO)cc1. The van der Waals surface area contributed by atoms with Crippen LogP contribution in [0.25, 0.3) is 0 Å². The first kappa shape index (κ1) is 27.5. The molecule has 0 bridgehead atoms. The van der Waals surface area contributed by atoms with Gasteiger partial charge in [0.25, 0.3) is 0 Å². The summed E-state index contributed by atoms with van der Waals surface area (Å²) in [6, 6.07) is 9.21. The van der Waals surface area contributed by atoms with Crippen molar-refractivity contribution in [2.24, 2.45) is 0 Å². The van der Waals surface area contributed by atoms with Gasteiger partial charge in [-0.1, -0.05) is 30.9 Å². The number of nitrogens with one attached hydrogen (secondary N) is 1. The molecule has 1 amide bonds. The lowest BCUT2D eigenvalue weighted by Crippen LogP contribution is -2.28. The Morgan fingerprint density at radius 1 is 1.17 bits per heavy atom. The molecule has 0 radical (unpaired) electrons. The third kappa shape index (κ3) is 9.19. The number of amides is 1. The van der Waals surface area contributed by atoms with Crippen LogP contribution in [0.15, 0.2) is 67.3 Å². The van der Waals surface area contributed by atoms with Crippen molar-refractivity contribution in [3.63, 3.8) is 0 Å². The van der Waals surface area contributed by atoms with Gasteiger partial charge in [0.05, 0.1) is 12.3 Å². The van der Waals surface area contributed by atoms with Crippen molar-refractivity contribution >= 4 is 17.7 Å². The zero-order chi connectivity index (χ0) is 25.6. The zero-order valence-corrected chi connectivity index (χ0v) is 19.1. The maximum absolute atomic E-state index is 13.9. The van der Waals surface area contributed by atoms with Crippen molar-refractivity contribution in [2.45, 2.75) is 18.6 Å². The number of aliphatic hydroxyl groups excluding tert-OH is 1. The van der Waals surface area contributed by atoms with Crippen LogP contribution in [0, 0.1) is 11.6 Å². The van der Waals surface area contributed by atoms with E-state index in [1.807, 2.05) is 0 Å². The fourth-order valence-corrected chi connectivity index (χ4v) is 2.95. The standard InChI is InChI=1S/C25H27F2NO7/c1-3-14-34-23(30)6-4-5-22(32-2)24(17-7-10-19(11-8-17)33-15-13-29)35-25(31)28-21-12-9-18(26)16-20(21)27/h3-4,6-12,16,22,24,29H,1,5,13-15H2,2H3,(H,28,31)/b6-4+/t22-,24-/m1/s1. The average molecular weight is 491 g/mol. The van der Waals surface area contributed by atoms with Gasteiger partial charge in [0, 0.05) is 19.3 Å². The Morgan fingerprint density at radius 2 is 1.91 bits per heavy atom. The minimum atomic E-state index is -1.00. The van der Waals surface area contributed by atoms with Crippen molar-refractivity contribution in [2.75, 3.05) is 32.2 Å². The summed E-state index contributed by atoms with van der Waals surface area (Å²) in [6.07, 6.45) is 1.59. The van der Waals surface area contributed by atoms with E-state index in [1.165, 1.54) is 25.3 Å². The van der Waals surface area contributed by atoms with Crippen molar-refractivity contribution < 1.29 is 42.4 Å². The minimum absolute atomic E-state index is 0.0629. The van der Waals surface area contributed by atoms with Crippen LogP contribution in [-0.4, -0.2) is 50.2 Å². The Balaban J connectivity index is 2.21. The molecule has 0 spiro atoms. The second kappa shape index (κ2) is 14.5. The number of aliphatic hydroxyl groups is 1. The van der Waals surface area contributed by atoms with Crippen molar-refractivity contribution in [3.8, 4) is 5.75 Å². The zero-order valence-electron chi connectivity index (χ0n) is 19.1. The molecule has 2 atom stereocenters. The number of carbonyl (C=O) groups excluding carboxylic acids is 2. The molecule has 2 aromatic rings. The molecule has 0 aliphatic heterocycles. The number of halogens is 2. The number of esters is 1. The van der Waals surface area contributed by atoms with Gasteiger partial charge in [0.2, 0.25) is 0 Å². The molecule has 0 saturated heterocycles. The average Bonchev–Trinajstić information content (AvgIpc) is 2.85. The first-order valence-corrected chi connectivity index (χ1v) is 10.6. The number of hydrogen-bond donors (Lipinski definition) is 2. The van der Waals surface area contributed by atoms with Gasteiger partial charge in [0.1, 0.15) is 36.7 Å². The quantitative estimate of drug-likeness (QED) is 0.244. The third-order valence-corrected chi connectivity index (χ3v) is 4.58. The van der Waals surface area contributed by atoms with E-state index < -0.39 is 35.9 Å². The fraction of sp³-hybridized carbons (Fsp3) is 0.280. The van der Waals surface area contributed by atoms with Crippen LogP contribution in [-0.2, 0) is 19.0 Å². The molecule has 2 rings (SSSR count). The van der Waals surface area contributed by atoms with Crippen molar-refractivity contribution in [3.05, 3.63) is 84.5 Å². The molecule has 8 nitrogen and oxygen atoms in total. The third-order valence-electron chi connectivity index (χ3n) is 4.58. The predicted molar refractivity (Wildman–Crippen MR) is 124 cm³/mol. The van der Waals surface area contributed by atoms with Gasteiger partial charge in [-0.25, -0.2) is 18.4 Å². The van der Waals surface area contributed by atoms with Gasteiger partial charge in [-0.05, 0) is 36.2 Å². The van der Waals surface area contributed by atoms with Gasteiger partial charge < -0.3 is 24.1 Å². The molecule has 0 fully saturated rings. The number of rotatable bonds is 13. The summed E-state index contributed by atoms with van der Waals surface area (Å²) in [6.45, 7) is 3.48. The Hall–Kier alpha value is -3.76. The second-order valence-electron chi connectivity index (χ2n) is 7.05. The van der Waals surface area contributed by atoms with E-state index in [0.29, 0.717) is 17.4 Å². The second-order valence-corrected chi connectivity index (χ2v) is 7.05. The monoisotopic (exact) mass is 491 g/mol. The minimum Gasteiger partial charge on any atom is -0.491 e. The summed E-state index contributed by atoms with van der Waals surface area (Å²) in [5, 5.41) is 11.1. The largest absolute Gasteiger partial charge is 0.491 e. The van der Waals surface area contributed by atoms with Crippen LogP contribution in [0.5, 0.6) is 5.75 Å². The summed E-state index contributed by atoms with van der Waals surface area (Å²) in [5.74, 6) is -1.85. The highest BCUT2D eigenvalue weighted by atomic mass is 19.1. The van der Waals surface area contributed by atoms with Crippen LogP contribution >= 0.6 is 0 Å². The first-order valence-electron chi connectivity index (χ1n) is 10.6. The van der Waals surface area contributed by atoms with E-state index in [1.54, 1.807) is 24.3 Å². The van der Waals surface area contributed by atoms with Crippen molar-refractivity contribution in [1.82, 2.24) is 0 Å². The molecule has 0 aliphatic carbocycles. The van der Waals surface area contributed by atoms with Gasteiger partial charge >= 0.3 is 12.1 Å². The molecular weight excluding hydrogens is 464 g/mol. The number of methoxy groups -OCH3 is 1. The maximum Gasteiger partial charge on any atom is 0.412 e. The molecule has 0 aliphatic rings. The lowest BCUT2D eigenvalue weighted by molar-refractivity contribution is -0.136. The summed E-state index contributed by atoms with van der Waals surface area (Å²) >= 11 is 0. The Labute approximate surface area is 201 Å². The lowest BCUT2D eigenvalue weighted by atomic mass is 10.0. The smallest absolute Gasteiger partial charge is 0.412 e. The first-order chi connectivity index (χ1) is 16.9. The normalized spacial score (nSPS) is 12.6. The number of anilines is 1. The highest BCUT2D eigenvalue weighted by molar-refractivity contribution is 5.85. The maximum atomic E-state index is 13.9. The molecule has 2 N–H and O–H groups in total. The predicted octanol–water partition coefficient (Wildman–Crippen LogP) is 4.32. The summed E-state index contributed by atoms with van der Waals surface area (Å²) in [4.78, 5) is 24.2. The van der Waals surface area contributed by atoms with Gasteiger partial charge in [0.15, 0.2) is 6.10 Å². The molecule has 0 heterocycles. The Kier molecular flexibility index (Phi) is 11.4. The van der Waals surface area contributed by atoms with Crippen LogP contribution in [0.4, 0.5) is 19.3 Å². The molecule has 0 saturated carbocycles. The van der Waals surface area contributed by atoms with Crippen LogP contribution in [0.1, 0.15) is 18.1 Å². The molecule has 2 aromatic carbocycles. The van der Waals surface area contributed by atoms with Gasteiger partial charge in [-0.15, -0.1) is 0 Å². The summed E-state index contributed by atoms with van der Waals surface area (Å²) < 4.78 is 48.4. The number of benzene rings is 2. The topological polar surface area (TPSA) is 103 Å². The van der Waals surface area contributed by atoms with E-state index >= 15 is 0 Å². The van der Waals surface area contributed by atoms with E-state index in [0.717, 1.165) is 12.1 Å². The molecule has 0 aromatic heterocycles. The van der Waals surface area contributed by atoms with Crippen LogP contribution < -0.4 is 10.1 Å². The molecule has 35 heavy (non-hydrogen) atoms. The van der Waals surface area contributed by atoms with Gasteiger partial charge in [-0.3, -0.25) is 5.32 Å². The van der Waals surface area contributed by atoms with Gasteiger partial charge in [-0.2, -0.15) is 0 Å². The van der Waals surface area contributed by atoms with E-state index in [2.05, 4.69) is 11.9 Å². The van der Waals surface area contributed by atoms with E-state index in [9.17, 15) is 18.4 Å². The van der Waals surface area contributed by atoms with Crippen LogP contribution in [0.3, 0.4) is 0 Å². The molecular formula is C25H27F2NO7. The Morgan fingerprint density at radius 3 is 2.54 bits per heavy atom. The molecule has 188 valence electrons. The molecule has 10 heteroatoms. The number of hydrogen-bond acceptors (Lipinski definition) is 7. The highest BCUT2D eigenvalue weighted by Gasteiger charge is 2.27. The highest BCUT2D eigenvalue weighted by Crippen LogP contribution is 2.28. The van der Waals surface area contributed by atoms with E-state index in [4.69, 9.17) is 24.1 Å². The number of carbonyl (C=O) groups is 2.